The molecule has 0 aromatic carbocycles. The SMILES string of the molecule is CC(C)/C=N\C=C/C=N. The summed E-state index contributed by atoms with van der Waals surface area (Å²) in [5, 5.41) is 6.60. The molecule has 0 atom stereocenters. The molecule has 1 N–H and O–H groups in total. The van der Waals surface area contributed by atoms with Crippen LogP contribution in [0.5, 0.6) is 0 Å². The van der Waals surface area contributed by atoms with Gasteiger partial charge >= 0.3 is 0 Å². The van der Waals surface area contributed by atoms with Crippen molar-refractivity contribution in [1.82, 2.24) is 0 Å². The summed E-state index contributed by atoms with van der Waals surface area (Å²) >= 11 is 0. The summed E-state index contributed by atoms with van der Waals surface area (Å²) in [5.41, 5.74) is 0. The normalized spacial score (nSPS) is 11.9. The predicted molar refractivity (Wildman–Crippen MR) is 41.3 cm³/mol. The van der Waals surface area contributed by atoms with Gasteiger partial charge in [0.1, 0.15) is 0 Å². The van der Waals surface area contributed by atoms with E-state index in [9.17, 15) is 0 Å². The van der Waals surface area contributed by atoms with E-state index in [-0.39, 0.29) is 0 Å². The zero-order valence-corrected chi connectivity index (χ0v) is 5.83. The van der Waals surface area contributed by atoms with Crippen LogP contribution in [-0.2, 0) is 0 Å². The Balaban J connectivity index is 3.46. The number of nitrogens with one attached hydrogen (secondary N) is 1. The Labute approximate surface area is 55.8 Å². The molecule has 0 radical (unpaired) electrons. The quantitative estimate of drug-likeness (QED) is 0.558. The monoisotopic (exact) mass is 124 g/mol. The molecule has 0 fully saturated rings. The van der Waals surface area contributed by atoms with E-state index in [1.807, 2.05) is 6.21 Å². The lowest BCUT2D eigenvalue weighted by molar-refractivity contribution is 0.907. The van der Waals surface area contributed by atoms with Crippen LogP contribution in [0.15, 0.2) is 17.3 Å². The van der Waals surface area contributed by atoms with Gasteiger partial charge in [0.2, 0.25) is 0 Å². The van der Waals surface area contributed by atoms with Crippen molar-refractivity contribution in [3.8, 4) is 0 Å². The van der Waals surface area contributed by atoms with E-state index in [0.29, 0.717) is 5.92 Å². The topological polar surface area (TPSA) is 36.2 Å². The van der Waals surface area contributed by atoms with Crippen molar-refractivity contribution >= 4 is 12.4 Å². The van der Waals surface area contributed by atoms with E-state index in [1.54, 1.807) is 12.3 Å². The van der Waals surface area contributed by atoms with Crippen LogP contribution in [0.2, 0.25) is 0 Å². The smallest absolute Gasteiger partial charge is 0.0279 e. The van der Waals surface area contributed by atoms with Gasteiger partial charge in [0.25, 0.3) is 0 Å². The molecule has 0 aliphatic heterocycles. The van der Waals surface area contributed by atoms with Gasteiger partial charge in [0, 0.05) is 18.6 Å². The average Bonchev–Trinajstić information content (AvgIpc) is 1.80. The van der Waals surface area contributed by atoms with Crippen molar-refractivity contribution < 1.29 is 0 Å². The Kier molecular flexibility index (Phi) is 4.69. The molecule has 0 bridgehead atoms. The molecule has 2 heteroatoms. The lowest BCUT2D eigenvalue weighted by Crippen LogP contribution is -1.84. The summed E-state index contributed by atoms with van der Waals surface area (Å²) in [6.07, 6.45) is 6.23. The molecule has 0 unspecified atom stereocenters. The van der Waals surface area contributed by atoms with Gasteiger partial charge in [-0.15, -0.1) is 0 Å². The van der Waals surface area contributed by atoms with Crippen LogP contribution in [-0.4, -0.2) is 12.4 Å². The van der Waals surface area contributed by atoms with E-state index in [2.05, 4.69) is 18.8 Å². The first-order valence-corrected chi connectivity index (χ1v) is 2.96. The van der Waals surface area contributed by atoms with E-state index in [4.69, 9.17) is 5.41 Å². The van der Waals surface area contributed by atoms with Gasteiger partial charge in [-0.05, 0) is 12.0 Å². The minimum Gasteiger partial charge on any atom is -0.309 e. The van der Waals surface area contributed by atoms with Crippen LogP contribution >= 0.6 is 0 Å². The number of allylic oxidation sites excluding steroid dienone is 1. The van der Waals surface area contributed by atoms with Crippen molar-refractivity contribution in [2.45, 2.75) is 13.8 Å². The second-order valence-corrected chi connectivity index (χ2v) is 2.05. The van der Waals surface area contributed by atoms with Gasteiger partial charge in [-0.2, -0.15) is 0 Å². The van der Waals surface area contributed by atoms with Crippen LogP contribution in [0.4, 0.5) is 0 Å². The maximum Gasteiger partial charge on any atom is 0.0279 e. The molecule has 0 aromatic rings. The molecule has 0 heterocycles. The van der Waals surface area contributed by atoms with Gasteiger partial charge in [0.05, 0.1) is 0 Å². The average molecular weight is 124 g/mol. The molecule has 2 nitrogen and oxygen atoms in total. The Morgan fingerprint density at radius 2 is 2.11 bits per heavy atom. The second-order valence-electron chi connectivity index (χ2n) is 2.05. The minimum absolute atomic E-state index is 0.486. The van der Waals surface area contributed by atoms with Gasteiger partial charge in [-0.3, -0.25) is 4.99 Å². The molecule has 0 rings (SSSR count). The van der Waals surface area contributed by atoms with E-state index in [1.165, 1.54) is 6.21 Å². The summed E-state index contributed by atoms with van der Waals surface area (Å²) in [5.74, 6) is 0.486. The van der Waals surface area contributed by atoms with Crippen molar-refractivity contribution in [3.05, 3.63) is 12.3 Å². The fraction of sp³-hybridized carbons (Fsp3) is 0.429. The zero-order valence-electron chi connectivity index (χ0n) is 5.83. The third-order valence-corrected chi connectivity index (χ3v) is 0.653. The van der Waals surface area contributed by atoms with Gasteiger partial charge in [-0.25, -0.2) is 0 Å². The number of aliphatic imine (C=N–C) groups is 1. The molecule has 0 amide bonds. The molecule has 50 valence electrons. The molecule has 0 saturated carbocycles. The van der Waals surface area contributed by atoms with Crippen molar-refractivity contribution in [3.63, 3.8) is 0 Å². The van der Waals surface area contributed by atoms with E-state index < -0.39 is 0 Å². The zero-order chi connectivity index (χ0) is 7.11. The summed E-state index contributed by atoms with van der Waals surface area (Å²) in [4.78, 5) is 3.90. The van der Waals surface area contributed by atoms with Crippen molar-refractivity contribution in [2.75, 3.05) is 0 Å². The molecule has 0 aliphatic carbocycles. The summed E-state index contributed by atoms with van der Waals surface area (Å²) in [7, 11) is 0. The molecule has 9 heavy (non-hydrogen) atoms. The highest BCUT2D eigenvalue weighted by Gasteiger charge is 1.79. The highest BCUT2D eigenvalue weighted by molar-refractivity contribution is 5.68. The molecular weight excluding hydrogens is 112 g/mol. The van der Waals surface area contributed by atoms with Crippen LogP contribution < -0.4 is 0 Å². The van der Waals surface area contributed by atoms with Crippen LogP contribution in [0.1, 0.15) is 13.8 Å². The molecule has 0 aliphatic rings. The first-order valence-electron chi connectivity index (χ1n) is 2.96. The predicted octanol–water partition coefficient (Wildman–Crippen LogP) is 1.88. The lowest BCUT2D eigenvalue weighted by atomic mass is 10.3. The summed E-state index contributed by atoms with van der Waals surface area (Å²) in [6.45, 7) is 4.11. The van der Waals surface area contributed by atoms with Crippen molar-refractivity contribution in [1.29, 1.82) is 5.41 Å². The van der Waals surface area contributed by atoms with Crippen LogP contribution in [0, 0.1) is 11.3 Å². The Hall–Kier alpha value is -0.920. The highest BCUT2D eigenvalue weighted by Crippen LogP contribution is 1.84. The van der Waals surface area contributed by atoms with Crippen LogP contribution in [0.3, 0.4) is 0 Å². The van der Waals surface area contributed by atoms with Gasteiger partial charge in [-0.1, -0.05) is 13.8 Å². The summed E-state index contributed by atoms with van der Waals surface area (Å²) < 4.78 is 0. The number of hydrogen-bond donors (Lipinski definition) is 1. The number of rotatable bonds is 3. The highest BCUT2D eigenvalue weighted by atomic mass is 14.7. The Morgan fingerprint density at radius 3 is 2.56 bits per heavy atom. The van der Waals surface area contributed by atoms with E-state index in [0.717, 1.165) is 0 Å². The molecule has 0 spiro atoms. The fourth-order valence-corrected chi connectivity index (χ4v) is 0.315. The van der Waals surface area contributed by atoms with Crippen molar-refractivity contribution in [2.24, 2.45) is 10.9 Å². The first-order chi connectivity index (χ1) is 4.27. The fourth-order valence-electron chi connectivity index (χ4n) is 0.315. The Bertz CT molecular complexity index is 123. The molecule has 0 saturated heterocycles. The van der Waals surface area contributed by atoms with E-state index >= 15 is 0 Å². The molecular formula is C7H12N2. The largest absolute Gasteiger partial charge is 0.309 e. The Morgan fingerprint density at radius 1 is 1.44 bits per heavy atom. The number of nitrogens with zero attached hydrogens (tertiary/aromatic N) is 1. The molecule has 0 aromatic heterocycles. The third kappa shape index (κ3) is 7.08. The maximum atomic E-state index is 6.60. The standard InChI is InChI=1S/C7H12N2/c1-7(2)6-9-5-3-4-8/h3-8H,1-2H3/b5-3-,8-4?,9-6-. The minimum atomic E-state index is 0.486. The van der Waals surface area contributed by atoms with Gasteiger partial charge in [0.15, 0.2) is 0 Å². The first kappa shape index (κ1) is 8.08. The second kappa shape index (κ2) is 5.22. The van der Waals surface area contributed by atoms with Gasteiger partial charge < -0.3 is 5.41 Å². The maximum absolute atomic E-state index is 6.60. The third-order valence-electron chi connectivity index (χ3n) is 0.653. The summed E-state index contributed by atoms with van der Waals surface area (Å²) in [6, 6.07) is 0. The lowest BCUT2D eigenvalue weighted by Gasteiger charge is -1.87. The number of hydrogen-bond acceptors (Lipinski definition) is 2. The van der Waals surface area contributed by atoms with Crippen LogP contribution in [0.25, 0.3) is 0 Å².